The first-order valence-electron chi connectivity index (χ1n) is 10.1. The summed E-state index contributed by atoms with van der Waals surface area (Å²) in [4.78, 5) is 23.1. The van der Waals surface area contributed by atoms with Gasteiger partial charge >= 0.3 is 0 Å². The summed E-state index contributed by atoms with van der Waals surface area (Å²) in [6.45, 7) is 6.41. The van der Waals surface area contributed by atoms with Gasteiger partial charge in [-0.15, -0.1) is 0 Å². The number of carbonyl (C=O) groups excluding carboxylic acids is 1. The molecule has 1 N–H and O–H groups in total. The van der Waals surface area contributed by atoms with Crippen molar-refractivity contribution >= 4 is 17.5 Å². The van der Waals surface area contributed by atoms with Gasteiger partial charge in [0.25, 0.3) is 0 Å². The van der Waals surface area contributed by atoms with E-state index in [1.165, 1.54) is 0 Å². The molecule has 0 aliphatic rings. The van der Waals surface area contributed by atoms with E-state index in [1.807, 2.05) is 36.4 Å². The average molecular weight is 428 g/mol. The number of halogens is 1. The van der Waals surface area contributed by atoms with Gasteiger partial charge in [0.15, 0.2) is 0 Å². The first kappa shape index (κ1) is 21.9. The summed E-state index contributed by atoms with van der Waals surface area (Å²) in [7, 11) is 0. The normalized spacial score (nSPS) is 12.1. The Bertz CT molecular complexity index is 943. The minimum atomic E-state index is -0.0668. The molecule has 1 amide bonds. The third-order valence-electron chi connectivity index (χ3n) is 4.98. The number of rotatable bonds is 10. The van der Waals surface area contributed by atoms with Gasteiger partial charge in [-0.05, 0) is 36.9 Å². The SMILES string of the molecule is CCN(CC)C(CNC(=O)CCc1nc(-c2ccncc2)no1)c1ccccc1Cl. The molecule has 1 unspecified atom stereocenters. The molecule has 0 radical (unpaired) electrons. The summed E-state index contributed by atoms with van der Waals surface area (Å²) in [6.07, 6.45) is 3.99. The highest BCUT2D eigenvalue weighted by Crippen LogP contribution is 2.27. The van der Waals surface area contributed by atoms with Crippen LogP contribution >= 0.6 is 11.6 Å². The second-order valence-corrected chi connectivity index (χ2v) is 7.22. The number of aromatic nitrogens is 3. The zero-order valence-electron chi connectivity index (χ0n) is 17.2. The minimum Gasteiger partial charge on any atom is -0.354 e. The van der Waals surface area contributed by atoms with Gasteiger partial charge in [0, 0.05) is 42.4 Å². The van der Waals surface area contributed by atoms with Crippen LogP contribution in [0.3, 0.4) is 0 Å². The zero-order chi connectivity index (χ0) is 21.3. The quantitative estimate of drug-likeness (QED) is 0.528. The molecule has 2 aromatic heterocycles. The van der Waals surface area contributed by atoms with Crippen molar-refractivity contribution in [2.24, 2.45) is 0 Å². The predicted octanol–water partition coefficient (Wildman–Crippen LogP) is 3.92. The summed E-state index contributed by atoms with van der Waals surface area (Å²) >= 11 is 6.42. The molecule has 2 heterocycles. The molecule has 158 valence electrons. The number of nitrogens with one attached hydrogen (secondary N) is 1. The molecule has 0 spiro atoms. The molecule has 0 fully saturated rings. The number of benzene rings is 1. The first-order valence-corrected chi connectivity index (χ1v) is 10.5. The number of pyridine rings is 1. The van der Waals surface area contributed by atoms with Gasteiger partial charge in [0.1, 0.15) is 0 Å². The smallest absolute Gasteiger partial charge is 0.227 e. The second-order valence-electron chi connectivity index (χ2n) is 6.81. The fourth-order valence-corrected chi connectivity index (χ4v) is 3.60. The molecule has 0 saturated carbocycles. The van der Waals surface area contributed by atoms with E-state index in [1.54, 1.807) is 12.4 Å². The molecule has 0 aliphatic heterocycles. The monoisotopic (exact) mass is 427 g/mol. The summed E-state index contributed by atoms with van der Waals surface area (Å²) in [5.74, 6) is 0.861. The van der Waals surface area contributed by atoms with Crippen molar-refractivity contribution in [3.63, 3.8) is 0 Å². The number of hydrogen-bond donors (Lipinski definition) is 1. The second kappa shape index (κ2) is 10.8. The summed E-state index contributed by atoms with van der Waals surface area (Å²) in [5, 5.41) is 7.70. The topological polar surface area (TPSA) is 84.2 Å². The van der Waals surface area contributed by atoms with E-state index in [0.717, 1.165) is 24.2 Å². The van der Waals surface area contributed by atoms with Crippen molar-refractivity contribution in [2.45, 2.75) is 32.7 Å². The summed E-state index contributed by atoms with van der Waals surface area (Å²) < 4.78 is 5.27. The van der Waals surface area contributed by atoms with Crippen LogP contribution in [0.4, 0.5) is 0 Å². The number of carbonyl (C=O) groups is 1. The van der Waals surface area contributed by atoms with E-state index < -0.39 is 0 Å². The maximum absolute atomic E-state index is 12.5. The first-order chi connectivity index (χ1) is 14.6. The van der Waals surface area contributed by atoms with Gasteiger partial charge in [-0.25, -0.2) is 0 Å². The van der Waals surface area contributed by atoms with Crippen LogP contribution in [0.5, 0.6) is 0 Å². The van der Waals surface area contributed by atoms with Crippen LogP contribution in [0.15, 0.2) is 53.3 Å². The molecule has 3 aromatic rings. The molecular weight excluding hydrogens is 402 g/mol. The Morgan fingerprint density at radius 1 is 1.17 bits per heavy atom. The van der Waals surface area contributed by atoms with E-state index in [4.69, 9.17) is 16.1 Å². The molecule has 1 aromatic carbocycles. The Kier molecular flexibility index (Phi) is 7.93. The summed E-state index contributed by atoms with van der Waals surface area (Å²) in [5.41, 5.74) is 1.84. The number of aryl methyl sites for hydroxylation is 1. The van der Waals surface area contributed by atoms with Gasteiger partial charge in [-0.2, -0.15) is 4.98 Å². The Balaban J connectivity index is 1.57. The van der Waals surface area contributed by atoms with Gasteiger partial charge in [0.05, 0.1) is 6.04 Å². The lowest BCUT2D eigenvalue weighted by Crippen LogP contribution is -2.38. The van der Waals surface area contributed by atoms with E-state index in [9.17, 15) is 4.79 Å². The van der Waals surface area contributed by atoms with E-state index in [2.05, 4.69) is 39.2 Å². The maximum atomic E-state index is 12.5. The molecule has 3 rings (SSSR count). The predicted molar refractivity (Wildman–Crippen MR) is 116 cm³/mol. The highest BCUT2D eigenvalue weighted by atomic mass is 35.5. The molecule has 0 saturated heterocycles. The zero-order valence-corrected chi connectivity index (χ0v) is 18.0. The average Bonchev–Trinajstić information content (AvgIpc) is 3.26. The van der Waals surface area contributed by atoms with Crippen LogP contribution in [-0.4, -0.2) is 45.6 Å². The van der Waals surface area contributed by atoms with Crippen molar-refractivity contribution in [1.82, 2.24) is 25.3 Å². The molecule has 0 bridgehead atoms. The Hall–Kier alpha value is -2.77. The largest absolute Gasteiger partial charge is 0.354 e. The van der Waals surface area contributed by atoms with Gasteiger partial charge in [-0.1, -0.05) is 48.8 Å². The molecule has 0 aliphatic carbocycles. The maximum Gasteiger partial charge on any atom is 0.227 e. The van der Waals surface area contributed by atoms with Crippen LogP contribution in [0.25, 0.3) is 11.4 Å². The lowest BCUT2D eigenvalue weighted by atomic mass is 10.0. The fraction of sp³-hybridized carbons (Fsp3) is 0.364. The lowest BCUT2D eigenvalue weighted by molar-refractivity contribution is -0.121. The van der Waals surface area contributed by atoms with E-state index in [-0.39, 0.29) is 18.4 Å². The van der Waals surface area contributed by atoms with Crippen molar-refractivity contribution in [2.75, 3.05) is 19.6 Å². The van der Waals surface area contributed by atoms with Crippen LogP contribution in [-0.2, 0) is 11.2 Å². The van der Waals surface area contributed by atoms with Crippen LogP contribution < -0.4 is 5.32 Å². The molecule has 30 heavy (non-hydrogen) atoms. The number of likely N-dealkylation sites (N-methyl/N-ethyl adjacent to an activating group) is 1. The third-order valence-corrected chi connectivity index (χ3v) is 5.33. The van der Waals surface area contributed by atoms with Gasteiger partial charge in [-0.3, -0.25) is 14.7 Å². The highest BCUT2D eigenvalue weighted by Gasteiger charge is 2.21. The number of amides is 1. The molecule has 7 nitrogen and oxygen atoms in total. The number of nitrogens with zero attached hydrogens (tertiary/aromatic N) is 4. The Morgan fingerprint density at radius 3 is 2.60 bits per heavy atom. The summed E-state index contributed by atoms with van der Waals surface area (Å²) in [6, 6.07) is 11.4. The van der Waals surface area contributed by atoms with Gasteiger partial charge < -0.3 is 9.84 Å². The molecule has 8 heteroatoms. The van der Waals surface area contributed by atoms with Crippen molar-refractivity contribution in [1.29, 1.82) is 0 Å². The van der Waals surface area contributed by atoms with Crippen molar-refractivity contribution < 1.29 is 9.32 Å². The van der Waals surface area contributed by atoms with Gasteiger partial charge in [0.2, 0.25) is 17.6 Å². The van der Waals surface area contributed by atoms with E-state index in [0.29, 0.717) is 29.7 Å². The van der Waals surface area contributed by atoms with Crippen molar-refractivity contribution in [3.8, 4) is 11.4 Å². The Morgan fingerprint density at radius 2 is 1.90 bits per heavy atom. The number of hydrogen-bond acceptors (Lipinski definition) is 6. The standard InChI is InChI=1S/C22H26ClN5O2/c1-3-28(4-2)19(17-7-5-6-8-18(17)23)15-25-20(29)9-10-21-26-22(27-30-21)16-11-13-24-14-12-16/h5-8,11-14,19H,3-4,9-10,15H2,1-2H3,(H,25,29). The van der Waals surface area contributed by atoms with Crippen LogP contribution in [0.1, 0.15) is 37.8 Å². The van der Waals surface area contributed by atoms with Crippen molar-refractivity contribution in [3.05, 3.63) is 65.3 Å². The van der Waals surface area contributed by atoms with Crippen LogP contribution in [0, 0.1) is 0 Å². The highest BCUT2D eigenvalue weighted by molar-refractivity contribution is 6.31. The van der Waals surface area contributed by atoms with E-state index >= 15 is 0 Å². The molecular formula is C22H26ClN5O2. The van der Waals surface area contributed by atoms with Crippen LogP contribution in [0.2, 0.25) is 5.02 Å². The fourth-order valence-electron chi connectivity index (χ4n) is 3.34. The molecule has 1 atom stereocenters. The minimum absolute atomic E-state index is 0.0133. The lowest BCUT2D eigenvalue weighted by Gasteiger charge is -2.30. The Labute approximate surface area is 181 Å². The third kappa shape index (κ3) is 5.64.